The van der Waals surface area contributed by atoms with Crippen LogP contribution < -0.4 is 11.3 Å². The van der Waals surface area contributed by atoms with E-state index in [9.17, 15) is 0 Å². The average Bonchev–Trinajstić information content (AvgIpc) is 3.15. The third-order valence-corrected chi connectivity index (χ3v) is 3.67. The topological polar surface area (TPSA) is 47.3 Å². The van der Waals surface area contributed by atoms with Gasteiger partial charge in [0.1, 0.15) is 0 Å². The first kappa shape index (κ1) is 12.6. The van der Waals surface area contributed by atoms with Crippen molar-refractivity contribution >= 4 is 0 Å². The van der Waals surface area contributed by atoms with Gasteiger partial charge in [-0.15, -0.1) is 0 Å². The lowest BCUT2D eigenvalue weighted by Crippen LogP contribution is -2.47. The summed E-state index contributed by atoms with van der Waals surface area (Å²) in [4.78, 5) is 0. The molecule has 3 heteroatoms. The lowest BCUT2D eigenvalue weighted by molar-refractivity contribution is 0.0510. The maximum atomic E-state index is 5.68. The van der Waals surface area contributed by atoms with Gasteiger partial charge in [0.05, 0.1) is 12.1 Å². The fraction of sp³-hybridized carbons (Fsp3) is 0.571. The van der Waals surface area contributed by atoms with Crippen LogP contribution in [0.25, 0.3) is 0 Å². The first-order valence-electron chi connectivity index (χ1n) is 6.29. The number of methoxy groups -OCH3 is 1. The summed E-state index contributed by atoms with van der Waals surface area (Å²) in [6.07, 6.45) is 3.70. The zero-order valence-electron chi connectivity index (χ0n) is 10.6. The Bertz CT molecular complexity index is 363. The zero-order chi connectivity index (χ0) is 12.3. The van der Waals surface area contributed by atoms with E-state index in [1.807, 2.05) is 0 Å². The molecule has 0 heterocycles. The highest BCUT2D eigenvalue weighted by Gasteiger charge is 2.36. The van der Waals surface area contributed by atoms with Gasteiger partial charge in [-0.3, -0.25) is 11.3 Å². The monoisotopic (exact) mass is 234 g/mol. The van der Waals surface area contributed by atoms with Gasteiger partial charge in [-0.05, 0) is 43.2 Å². The lowest BCUT2D eigenvalue weighted by Gasteiger charge is -2.26. The third-order valence-electron chi connectivity index (χ3n) is 3.67. The van der Waals surface area contributed by atoms with Crippen LogP contribution in [0.1, 0.15) is 24.0 Å². The quantitative estimate of drug-likeness (QED) is 0.583. The van der Waals surface area contributed by atoms with E-state index in [-0.39, 0.29) is 12.1 Å². The van der Waals surface area contributed by atoms with Crippen LogP contribution in [0, 0.1) is 12.8 Å². The number of benzene rings is 1. The molecule has 0 saturated heterocycles. The van der Waals surface area contributed by atoms with E-state index in [0.29, 0.717) is 5.92 Å². The molecule has 2 unspecified atom stereocenters. The van der Waals surface area contributed by atoms with Crippen molar-refractivity contribution in [1.82, 2.24) is 5.43 Å². The summed E-state index contributed by atoms with van der Waals surface area (Å²) in [6, 6.07) is 8.66. The molecule has 1 aromatic rings. The van der Waals surface area contributed by atoms with Crippen molar-refractivity contribution < 1.29 is 4.74 Å². The van der Waals surface area contributed by atoms with Crippen molar-refractivity contribution in [2.75, 3.05) is 7.11 Å². The molecule has 3 N–H and O–H groups in total. The number of ether oxygens (including phenoxy) is 1. The number of nitrogens with two attached hydrogens (primary N) is 1. The normalized spacial score (nSPS) is 19.0. The van der Waals surface area contributed by atoms with Crippen LogP contribution in [0.3, 0.4) is 0 Å². The minimum Gasteiger partial charge on any atom is -0.379 e. The van der Waals surface area contributed by atoms with Crippen LogP contribution in [0.4, 0.5) is 0 Å². The van der Waals surface area contributed by atoms with E-state index >= 15 is 0 Å². The molecule has 1 aliphatic rings. The highest BCUT2D eigenvalue weighted by Crippen LogP contribution is 2.36. The second-order valence-corrected chi connectivity index (χ2v) is 4.94. The number of nitrogens with one attached hydrogen (secondary N) is 1. The van der Waals surface area contributed by atoms with Crippen LogP contribution in [-0.4, -0.2) is 19.3 Å². The van der Waals surface area contributed by atoms with Crippen molar-refractivity contribution in [3.8, 4) is 0 Å². The highest BCUT2D eigenvalue weighted by atomic mass is 16.5. The molecule has 94 valence electrons. The molecule has 0 aromatic heterocycles. The Balaban J connectivity index is 2.06. The summed E-state index contributed by atoms with van der Waals surface area (Å²) in [7, 11) is 1.78. The Labute approximate surface area is 103 Å². The highest BCUT2D eigenvalue weighted by molar-refractivity contribution is 5.26. The number of hydrazine groups is 1. The van der Waals surface area contributed by atoms with E-state index in [4.69, 9.17) is 10.6 Å². The molecule has 1 fully saturated rings. The molecule has 1 saturated carbocycles. The van der Waals surface area contributed by atoms with Gasteiger partial charge in [0, 0.05) is 7.11 Å². The van der Waals surface area contributed by atoms with E-state index < -0.39 is 0 Å². The van der Waals surface area contributed by atoms with Crippen LogP contribution in [0.2, 0.25) is 0 Å². The SMILES string of the molecule is COC(C1CC1)C(Cc1ccccc1C)NN. The van der Waals surface area contributed by atoms with Crippen molar-refractivity contribution in [2.24, 2.45) is 11.8 Å². The molecule has 0 radical (unpaired) electrons. The first-order valence-corrected chi connectivity index (χ1v) is 6.29. The van der Waals surface area contributed by atoms with Gasteiger partial charge < -0.3 is 4.74 Å². The largest absolute Gasteiger partial charge is 0.379 e. The zero-order valence-corrected chi connectivity index (χ0v) is 10.6. The summed E-state index contributed by atoms with van der Waals surface area (Å²) >= 11 is 0. The molecule has 0 amide bonds. The number of hydrogen-bond donors (Lipinski definition) is 2. The lowest BCUT2D eigenvalue weighted by atomic mass is 9.96. The maximum Gasteiger partial charge on any atom is 0.0769 e. The molecule has 1 aromatic carbocycles. The van der Waals surface area contributed by atoms with E-state index in [0.717, 1.165) is 6.42 Å². The van der Waals surface area contributed by atoms with E-state index in [2.05, 4.69) is 36.6 Å². The standard InChI is InChI=1S/C14H22N2O/c1-10-5-3-4-6-12(10)9-13(16-15)14(17-2)11-7-8-11/h3-6,11,13-14,16H,7-9,15H2,1-2H3. The Hall–Kier alpha value is -0.900. The number of rotatable bonds is 6. The molecule has 2 rings (SSSR count). The summed E-state index contributed by atoms with van der Waals surface area (Å²) in [5.74, 6) is 6.37. The Morgan fingerprint density at radius 2 is 2.12 bits per heavy atom. The van der Waals surface area contributed by atoms with Crippen molar-refractivity contribution in [1.29, 1.82) is 0 Å². The summed E-state index contributed by atoms with van der Waals surface area (Å²) < 4.78 is 5.60. The Morgan fingerprint density at radius 1 is 1.41 bits per heavy atom. The predicted octanol–water partition coefficient (Wildman–Crippen LogP) is 1.79. The van der Waals surface area contributed by atoms with Gasteiger partial charge in [-0.2, -0.15) is 0 Å². The predicted molar refractivity (Wildman–Crippen MR) is 69.5 cm³/mol. The maximum absolute atomic E-state index is 5.68. The Morgan fingerprint density at radius 3 is 2.65 bits per heavy atom. The molecule has 0 bridgehead atoms. The average molecular weight is 234 g/mol. The number of aryl methyl sites for hydroxylation is 1. The number of hydrogen-bond acceptors (Lipinski definition) is 3. The summed E-state index contributed by atoms with van der Waals surface area (Å²) in [5, 5.41) is 0. The van der Waals surface area contributed by atoms with Crippen molar-refractivity contribution in [3.63, 3.8) is 0 Å². The van der Waals surface area contributed by atoms with Crippen molar-refractivity contribution in [2.45, 2.75) is 38.3 Å². The van der Waals surface area contributed by atoms with E-state index in [1.54, 1.807) is 7.11 Å². The van der Waals surface area contributed by atoms with Crippen molar-refractivity contribution in [3.05, 3.63) is 35.4 Å². The third kappa shape index (κ3) is 3.06. The minimum atomic E-state index is 0.202. The molecule has 0 spiro atoms. The van der Waals surface area contributed by atoms with Crippen LogP contribution in [0.5, 0.6) is 0 Å². The molecule has 2 atom stereocenters. The van der Waals surface area contributed by atoms with Gasteiger partial charge in [-0.25, -0.2) is 0 Å². The molecule has 0 aliphatic heterocycles. The second-order valence-electron chi connectivity index (χ2n) is 4.94. The van der Waals surface area contributed by atoms with E-state index in [1.165, 1.54) is 24.0 Å². The van der Waals surface area contributed by atoms with Gasteiger partial charge in [0.2, 0.25) is 0 Å². The fourth-order valence-electron chi connectivity index (χ4n) is 2.46. The molecular formula is C14H22N2O. The smallest absolute Gasteiger partial charge is 0.0769 e. The van der Waals surface area contributed by atoms with Crippen LogP contribution in [0.15, 0.2) is 24.3 Å². The molecule has 1 aliphatic carbocycles. The molecule has 3 nitrogen and oxygen atoms in total. The molecular weight excluding hydrogens is 212 g/mol. The Kier molecular flexibility index (Phi) is 4.15. The fourth-order valence-corrected chi connectivity index (χ4v) is 2.46. The van der Waals surface area contributed by atoms with Gasteiger partial charge in [0.15, 0.2) is 0 Å². The minimum absolute atomic E-state index is 0.202. The van der Waals surface area contributed by atoms with Gasteiger partial charge in [0.25, 0.3) is 0 Å². The van der Waals surface area contributed by atoms with Crippen LogP contribution >= 0.6 is 0 Å². The first-order chi connectivity index (χ1) is 8.26. The second kappa shape index (κ2) is 5.63. The van der Waals surface area contributed by atoms with Crippen LogP contribution in [-0.2, 0) is 11.2 Å². The summed E-state index contributed by atoms with van der Waals surface area (Å²) in [5.41, 5.74) is 5.59. The van der Waals surface area contributed by atoms with Gasteiger partial charge in [-0.1, -0.05) is 24.3 Å². The van der Waals surface area contributed by atoms with Gasteiger partial charge >= 0.3 is 0 Å². The molecule has 17 heavy (non-hydrogen) atoms. The summed E-state index contributed by atoms with van der Waals surface area (Å²) in [6.45, 7) is 2.14.